The standard InChI is InChI=1S/C13H21NO4S/c1-4-14(9-10-18-19(3,15)16)11-12-5-7-13(17-2)8-6-12/h5-8H,4,9-11H2,1-3H3. The Bertz CT molecular complexity index is 470. The number of hydrogen-bond donors (Lipinski definition) is 0. The summed E-state index contributed by atoms with van der Waals surface area (Å²) in [5.74, 6) is 0.826. The van der Waals surface area contributed by atoms with Crippen molar-refractivity contribution < 1.29 is 17.3 Å². The predicted octanol–water partition coefficient (Wildman–Crippen LogP) is 1.49. The molecule has 19 heavy (non-hydrogen) atoms. The summed E-state index contributed by atoms with van der Waals surface area (Å²) >= 11 is 0. The highest BCUT2D eigenvalue weighted by Gasteiger charge is 2.07. The molecule has 1 aromatic rings. The molecule has 0 fully saturated rings. The summed E-state index contributed by atoms with van der Waals surface area (Å²) < 4.78 is 31.6. The lowest BCUT2D eigenvalue weighted by molar-refractivity contribution is 0.214. The van der Waals surface area contributed by atoms with E-state index in [1.54, 1.807) is 7.11 Å². The Morgan fingerprint density at radius 2 is 1.84 bits per heavy atom. The quantitative estimate of drug-likeness (QED) is 0.678. The lowest BCUT2D eigenvalue weighted by atomic mass is 10.2. The molecule has 0 saturated carbocycles. The zero-order valence-electron chi connectivity index (χ0n) is 11.6. The average molecular weight is 287 g/mol. The van der Waals surface area contributed by atoms with Crippen molar-refractivity contribution in [3.05, 3.63) is 29.8 Å². The fraction of sp³-hybridized carbons (Fsp3) is 0.538. The molecule has 0 bridgehead atoms. The summed E-state index contributed by atoms with van der Waals surface area (Å²) in [4.78, 5) is 2.12. The molecule has 0 aromatic heterocycles. The van der Waals surface area contributed by atoms with Crippen molar-refractivity contribution in [3.63, 3.8) is 0 Å². The van der Waals surface area contributed by atoms with Gasteiger partial charge in [0.05, 0.1) is 20.0 Å². The molecule has 0 aliphatic heterocycles. The van der Waals surface area contributed by atoms with Crippen LogP contribution in [0.1, 0.15) is 12.5 Å². The van der Waals surface area contributed by atoms with Gasteiger partial charge in [-0.1, -0.05) is 19.1 Å². The summed E-state index contributed by atoms with van der Waals surface area (Å²) in [6.07, 6.45) is 1.06. The Balaban J connectivity index is 2.46. The number of ether oxygens (including phenoxy) is 1. The molecule has 1 aromatic carbocycles. The molecule has 0 radical (unpaired) electrons. The van der Waals surface area contributed by atoms with E-state index in [1.807, 2.05) is 31.2 Å². The normalized spacial score (nSPS) is 11.8. The second-order valence-corrected chi connectivity index (χ2v) is 5.89. The van der Waals surface area contributed by atoms with E-state index in [2.05, 4.69) is 4.90 Å². The van der Waals surface area contributed by atoms with E-state index in [4.69, 9.17) is 8.92 Å². The lowest BCUT2D eigenvalue weighted by Gasteiger charge is -2.20. The van der Waals surface area contributed by atoms with Crippen LogP contribution in [0.3, 0.4) is 0 Å². The largest absolute Gasteiger partial charge is 0.497 e. The van der Waals surface area contributed by atoms with Crippen LogP contribution in [0.4, 0.5) is 0 Å². The van der Waals surface area contributed by atoms with E-state index < -0.39 is 10.1 Å². The molecular weight excluding hydrogens is 266 g/mol. The van der Waals surface area contributed by atoms with Crippen molar-refractivity contribution in [1.29, 1.82) is 0 Å². The predicted molar refractivity (Wildman–Crippen MR) is 74.7 cm³/mol. The highest BCUT2D eigenvalue weighted by Crippen LogP contribution is 2.12. The third kappa shape index (κ3) is 6.56. The maximum absolute atomic E-state index is 10.9. The first kappa shape index (κ1) is 15.9. The topological polar surface area (TPSA) is 55.8 Å². The van der Waals surface area contributed by atoms with Gasteiger partial charge in [-0.3, -0.25) is 9.08 Å². The SMILES string of the molecule is CCN(CCOS(C)(=O)=O)Cc1ccc(OC)cc1. The van der Waals surface area contributed by atoms with Gasteiger partial charge in [0, 0.05) is 13.1 Å². The van der Waals surface area contributed by atoms with Gasteiger partial charge in [-0.15, -0.1) is 0 Å². The number of benzene rings is 1. The number of rotatable bonds is 8. The van der Waals surface area contributed by atoms with Crippen LogP contribution >= 0.6 is 0 Å². The summed E-state index contributed by atoms with van der Waals surface area (Å²) in [5.41, 5.74) is 1.15. The van der Waals surface area contributed by atoms with Gasteiger partial charge in [-0.05, 0) is 24.2 Å². The minimum absolute atomic E-state index is 0.183. The van der Waals surface area contributed by atoms with Gasteiger partial charge in [-0.2, -0.15) is 8.42 Å². The monoisotopic (exact) mass is 287 g/mol. The molecule has 0 spiro atoms. The molecule has 0 N–H and O–H groups in total. The lowest BCUT2D eigenvalue weighted by Crippen LogP contribution is -2.27. The van der Waals surface area contributed by atoms with Crippen molar-refractivity contribution in [2.75, 3.05) is 33.1 Å². The summed E-state index contributed by atoms with van der Waals surface area (Å²) in [7, 11) is -1.72. The number of hydrogen-bond acceptors (Lipinski definition) is 5. The number of methoxy groups -OCH3 is 1. The Morgan fingerprint density at radius 1 is 1.21 bits per heavy atom. The van der Waals surface area contributed by atoms with Crippen LogP contribution < -0.4 is 4.74 Å². The highest BCUT2D eigenvalue weighted by atomic mass is 32.2. The zero-order chi connectivity index (χ0) is 14.3. The second-order valence-electron chi connectivity index (χ2n) is 4.24. The van der Waals surface area contributed by atoms with Crippen LogP contribution in [0, 0.1) is 0 Å². The van der Waals surface area contributed by atoms with E-state index >= 15 is 0 Å². The molecule has 0 unspecified atom stereocenters. The van der Waals surface area contributed by atoms with Crippen LogP contribution in [0.2, 0.25) is 0 Å². The number of nitrogens with zero attached hydrogens (tertiary/aromatic N) is 1. The Labute approximate surface area is 115 Å². The van der Waals surface area contributed by atoms with Crippen LogP contribution in [0.5, 0.6) is 5.75 Å². The molecule has 0 aliphatic rings. The third-order valence-electron chi connectivity index (χ3n) is 2.72. The first-order valence-electron chi connectivity index (χ1n) is 6.14. The number of likely N-dealkylation sites (N-methyl/N-ethyl adjacent to an activating group) is 1. The van der Waals surface area contributed by atoms with E-state index in [1.165, 1.54) is 0 Å². The minimum atomic E-state index is -3.35. The molecular formula is C13H21NO4S. The average Bonchev–Trinajstić information content (AvgIpc) is 2.37. The van der Waals surface area contributed by atoms with E-state index in [0.717, 1.165) is 30.7 Å². The summed E-state index contributed by atoms with van der Waals surface area (Å²) in [5, 5.41) is 0. The molecule has 6 heteroatoms. The van der Waals surface area contributed by atoms with Crippen LogP contribution in [-0.2, 0) is 20.8 Å². The summed E-state index contributed by atoms with van der Waals surface area (Å²) in [6.45, 7) is 4.38. The fourth-order valence-corrected chi connectivity index (χ4v) is 2.03. The van der Waals surface area contributed by atoms with Gasteiger partial charge >= 0.3 is 0 Å². The maximum atomic E-state index is 10.9. The van der Waals surface area contributed by atoms with Gasteiger partial charge in [0.2, 0.25) is 0 Å². The van der Waals surface area contributed by atoms with Crippen molar-refractivity contribution in [1.82, 2.24) is 4.90 Å². The zero-order valence-corrected chi connectivity index (χ0v) is 12.4. The molecule has 0 saturated heterocycles. The van der Waals surface area contributed by atoms with Crippen molar-refractivity contribution in [2.45, 2.75) is 13.5 Å². The van der Waals surface area contributed by atoms with E-state index in [9.17, 15) is 8.42 Å². The minimum Gasteiger partial charge on any atom is -0.497 e. The Kier molecular flexibility index (Phi) is 6.27. The molecule has 0 aliphatic carbocycles. The van der Waals surface area contributed by atoms with Crippen molar-refractivity contribution >= 4 is 10.1 Å². The van der Waals surface area contributed by atoms with Gasteiger partial charge in [0.15, 0.2) is 0 Å². The van der Waals surface area contributed by atoms with E-state index in [-0.39, 0.29) is 6.61 Å². The van der Waals surface area contributed by atoms with Gasteiger partial charge in [0.25, 0.3) is 10.1 Å². The van der Waals surface area contributed by atoms with Gasteiger partial charge in [0.1, 0.15) is 5.75 Å². The first-order valence-corrected chi connectivity index (χ1v) is 7.96. The molecule has 0 atom stereocenters. The first-order chi connectivity index (χ1) is 8.94. The van der Waals surface area contributed by atoms with Crippen LogP contribution in [0.15, 0.2) is 24.3 Å². The molecule has 108 valence electrons. The highest BCUT2D eigenvalue weighted by molar-refractivity contribution is 7.85. The molecule has 0 heterocycles. The molecule has 0 amide bonds. The third-order valence-corrected chi connectivity index (χ3v) is 3.31. The smallest absolute Gasteiger partial charge is 0.264 e. The van der Waals surface area contributed by atoms with Crippen molar-refractivity contribution in [3.8, 4) is 5.75 Å². The summed E-state index contributed by atoms with van der Waals surface area (Å²) in [6, 6.07) is 7.82. The van der Waals surface area contributed by atoms with Gasteiger partial charge in [-0.25, -0.2) is 0 Å². The molecule has 5 nitrogen and oxygen atoms in total. The Hall–Kier alpha value is -1.11. The fourth-order valence-electron chi connectivity index (χ4n) is 1.66. The van der Waals surface area contributed by atoms with Crippen LogP contribution in [-0.4, -0.2) is 46.4 Å². The van der Waals surface area contributed by atoms with Gasteiger partial charge < -0.3 is 4.74 Å². The second kappa shape index (κ2) is 7.47. The molecule has 1 rings (SSSR count). The van der Waals surface area contributed by atoms with Crippen molar-refractivity contribution in [2.24, 2.45) is 0 Å². The van der Waals surface area contributed by atoms with E-state index in [0.29, 0.717) is 6.54 Å². The van der Waals surface area contributed by atoms with Crippen LogP contribution in [0.25, 0.3) is 0 Å². The maximum Gasteiger partial charge on any atom is 0.264 e. The Morgan fingerprint density at radius 3 is 2.32 bits per heavy atom.